The van der Waals surface area contributed by atoms with Gasteiger partial charge < -0.3 is 0 Å². The van der Waals surface area contributed by atoms with Gasteiger partial charge in [0, 0.05) is 12.1 Å². The van der Waals surface area contributed by atoms with E-state index < -0.39 is 14.9 Å². The molecule has 96 valence electrons. The van der Waals surface area contributed by atoms with Crippen molar-refractivity contribution in [1.29, 1.82) is 0 Å². The Balaban J connectivity index is 3.08. The minimum Gasteiger partial charge on any atom is -0.258 e. The van der Waals surface area contributed by atoms with Crippen molar-refractivity contribution in [3.05, 3.63) is 20.5 Å². The van der Waals surface area contributed by atoms with E-state index in [0.717, 1.165) is 6.07 Å². The van der Waals surface area contributed by atoms with Gasteiger partial charge in [0.05, 0.1) is 4.92 Å². The monoisotopic (exact) mass is 298 g/mol. The first-order chi connectivity index (χ1) is 7.77. The molecule has 1 unspecified atom stereocenters. The molecular formula is C8H11ClN2O4S2. The van der Waals surface area contributed by atoms with Crippen molar-refractivity contribution in [3.8, 4) is 0 Å². The van der Waals surface area contributed by atoms with Crippen LogP contribution >= 0.6 is 22.9 Å². The summed E-state index contributed by atoms with van der Waals surface area (Å²) in [4.78, 5) is 9.85. The van der Waals surface area contributed by atoms with Crippen LogP contribution in [0.1, 0.15) is 20.3 Å². The molecular weight excluding hydrogens is 288 g/mol. The Morgan fingerprint density at radius 3 is 2.65 bits per heavy atom. The highest BCUT2D eigenvalue weighted by Crippen LogP contribution is 2.36. The molecule has 0 fully saturated rings. The van der Waals surface area contributed by atoms with Crippen LogP contribution in [0.2, 0.25) is 4.34 Å². The third-order valence-corrected chi connectivity index (χ3v) is 5.48. The highest BCUT2D eigenvalue weighted by atomic mass is 35.5. The predicted molar refractivity (Wildman–Crippen MR) is 66.1 cm³/mol. The van der Waals surface area contributed by atoms with E-state index in [0.29, 0.717) is 17.8 Å². The Hall–Kier alpha value is -0.700. The van der Waals surface area contributed by atoms with E-state index in [4.69, 9.17) is 11.6 Å². The van der Waals surface area contributed by atoms with E-state index in [9.17, 15) is 18.5 Å². The summed E-state index contributed by atoms with van der Waals surface area (Å²) >= 11 is 6.28. The quantitative estimate of drug-likeness (QED) is 0.667. The molecule has 1 aromatic rings. The molecule has 1 heterocycles. The van der Waals surface area contributed by atoms with Crippen LogP contribution in [0, 0.1) is 10.1 Å². The summed E-state index contributed by atoms with van der Waals surface area (Å²) in [6.45, 7) is 3.54. The molecule has 1 rings (SSSR count). The van der Waals surface area contributed by atoms with Gasteiger partial charge in [0.1, 0.15) is 4.21 Å². The van der Waals surface area contributed by atoms with Crippen LogP contribution in [0.4, 0.5) is 5.69 Å². The highest BCUT2D eigenvalue weighted by molar-refractivity contribution is 7.91. The molecule has 0 aliphatic carbocycles. The topological polar surface area (TPSA) is 89.3 Å². The van der Waals surface area contributed by atoms with Gasteiger partial charge in [0.15, 0.2) is 4.34 Å². The maximum atomic E-state index is 11.8. The first-order valence-electron chi connectivity index (χ1n) is 4.74. The van der Waals surface area contributed by atoms with Crippen molar-refractivity contribution in [2.45, 2.75) is 30.5 Å². The smallest absolute Gasteiger partial charge is 0.258 e. The van der Waals surface area contributed by atoms with E-state index in [1.165, 1.54) is 0 Å². The zero-order valence-electron chi connectivity index (χ0n) is 9.14. The first kappa shape index (κ1) is 14.4. The molecule has 0 radical (unpaired) electrons. The summed E-state index contributed by atoms with van der Waals surface area (Å²) in [7, 11) is -3.73. The lowest BCUT2D eigenvalue weighted by Gasteiger charge is -2.09. The predicted octanol–water partition coefficient (Wildman–Crippen LogP) is 2.39. The van der Waals surface area contributed by atoms with Crippen LogP contribution in [0.25, 0.3) is 0 Å². The zero-order valence-corrected chi connectivity index (χ0v) is 11.5. The van der Waals surface area contributed by atoms with Crippen molar-refractivity contribution in [1.82, 2.24) is 4.72 Å². The molecule has 17 heavy (non-hydrogen) atoms. The average molecular weight is 299 g/mol. The van der Waals surface area contributed by atoms with E-state index in [2.05, 4.69) is 4.72 Å². The third-order valence-electron chi connectivity index (χ3n) is 2.08. The van der Waals surface area contributed by atoms with Gasteiger partial charge in [-0.15, -0.1) is 11.3 Å². The van der Waals surface area contributed by atoms with Crippen LogP contribution in [0.5, 0.6) is 0 Å². The van der Waals surface area contributed by atoms with Gasteiger partial charge in [0.25, 0.3) is 15.7 Å². The molecule has 0 saturated heterocycles. The van der Waals surface area contributed by atoms with Crippen LogP contribution in [0.3, 0.4) is 0 Å². The highest BCUT2D eigenvalue weighted by Gasteiger charge is 2.25. The fourth-order valence-corrected chi connectivity index (χ4v) is 4.01. The van der Waals surface area contributed by atoms with Gasteiger partial charge in [-0.25, -0.2) is 13.1 Å². The fraction of sp³-hybridized carbons (Fsp3) is 0.500. The van der Waals surface area contributed by atoms with Crippen molar-refractivity contribution < 1.29 is 13.3 Å². The third kappa shape index (κ3) is 3.38. The number of sulfonamides is 1. The molecule has 0 saturated carbocycles. The number of halogens is 1. The van der Waals surface area contributed by atoms with E-state index in [1.54, 1.807) is 6.92 Å². The molecule has 0 aliphatic heterocycles. The van der Waals surface area contributed by atoms with Gasteiger partial charge in [0.2, 0.25) is 0 Å². The van der Waals surface area contributed by atoms with Crippen molar-refractivity contribution in [2.24, 2.45) is 0 Å². The second-order valence-electron chi connectivity index (χ2n) is 3.41. The molecule has 0 aliphatic rings. The summed E-state index contributed by atoms with van der Waals surface area (Å²) in [6.07, 6.45) is 0.625. The second kappa shape index (κ2) is 5.30. The minimum atomic E-state index is -3.73. The molecule has 1 N–H and O–H groups in total. The summed E-state index contributed by atoms with van der Waals surface area (Å²) in [5, 5.41) is 10.6. The Morgan fingerprint density at radius 1 is 1.65 bits per heavy atom. The molecule has 0 bridgehead atoms. The largest absolute Gasteiger partial charge is 0.300 e. The second-order valence-corrected chi connectivity index (χ2v) is 7.01. The molecule has 1 atom stereocenters. The van der Waals surface area contributed by atoms with Gasteiger partial charge in [-0.3, -0.25) is 10.1 Å². The van der Waals surface area contributed by atoms with Crippen LogP contribution in [-0.2, 0) is 10.0 Å². The van der Waals surface area contributed by atoms with Crippen LogP contribution in [-0.4, -0.2) is 19.4 Å². The average Bonchev–Trinajstić information content (AvgIpc) is 2.60. The van der Waals surface area contributed by atoms with Crippen LogP contribution in [0.15, 0.2) is 10.3 Å². The number of hydrogen-bond donors (Lipinski definition) is 1. The SMILES string of the molecule is CCC(C)NS(=O)(=O)c1cc([N+](=O)[O-])c(Cl)s1. The molecule has 0 amide bonds. The van der Waals surface area contributed by atoms with Crippen LogP contribution < -0.4 is 4.72 Å². The molecule has 1 aromatic heterocycles. The Morgan fingerprint density at radius 2 is 2.24 bits per heavy atom. The van der Waals surface area contributed by atoms with E-state index in [-0.39, 0.29) is 20.3 Å². The molecule has 6 nitrogen and oxygen atoms in total. The summed E-state index contributed by atoms with van der Waals surface area (Å²) in [5.74, 6) is 0. The maximum Gasteiger partial charge on any atom is 0.300 e. The minimum absolute atomic E-state index is 0.139. The molecule has 9 heteroatoms. The standard InChI is InChI=1S/C8H11ClN2O4S2/c1-3-5(2)10-17(14,15)7-4-6(11(12)13)8(9)16-7/h4-5,10H,3H2,1-2H3. The summed E-state index contributed by atoms with van der Waals surface area (Å²) in [6, 6.07) is 0.734. The number of nitrogens with one attached hydrogen (secondary N) is 1. The van der Waals surface area contributed by atoms with Gasteiger partial charge in [-0.2, -0.15) is 0 Å². The number of hydrogen-bond acceptors (Lipinski definition) is 5. The summed E-state index contributed by atoms with van der Waals surface area (Å²) < 4.78 is 25.7. The van der Waals surface area contributed by atoms with Crippen molar-refractivity contribution in [3.63, 3.8) is 0 Å². The fourth-order valence-electron chi connectivity index (χ4n) is 1.00. The van der Waals surface area contributed by atoms with Gasteiger partial charge in [-0.1, -0.05) is 18.5 Å². The van der Waals surface area contributed by atoms with Gasteiger partial charge in [-0.05, 0) is 13.3 Å². The number of nitrogens with zero attached hydrogens (tertiary/aromatic N) is 1. The lowest BCUT2D eigenvalue weighted by molar-refractivity contribution is -0.384. The summed E-state index contributed by atoms with van der Waals surface area (Å²) in [5.41, 5.74) is -0.388. The maximum absolute atomic E-state index is 11.8. The first-order valence-corrected chi connectivity index (χ1v) is 7.41. The Bertz CT molecular complexity index is 526. The molecule has 0 aromatic carbocycles. The zero-order chi connectivity index (χ0) is 13.2. The molecule has 0 spiro atoms. The number of rotatable bonds is 5. The van der Waals surface area contributed by atoms with E-state index in [1.807, 2.05) is 6.92 Å². The van der Waals surface area contributed by atoms with Gasteiger partial charge >= 0.3 is 0 Å². The lowest BCUT2D eigenvalue weighted by Crippen LogP contribution is -2.31. The lowest BCUT2D eigenvalue weighted by atomic mass is 10.3. The van der Waals surface area contributed by atoms with E-state index >= 15 is 0 Å². The number of thiophene rings is 1. The Labute approximate surface area is 108 Å². The van der Waals surface area contributed by atoms with Crippen molar-refractivity contribution in [2.75, 3.05) is 0 Å². The number of nitro groups is 1. The normalized spacial score (nSPS) is 13.6. The van der Waals surface area contributed by atoms with Crippen molar-refractivity contribution >= 4 is 38.6 Å². The Kier molecular flexibility index (Phi) is 4.48.